The molecule has 3 nitrogen and oxygen atoms in total. The van der Waals surface area contributed by atoms with Crippen LogP contribution in [0.3, 0.4) is 0 Å². The summed E-state index contributed by atoms with van der Waals surface area (Å²) in [7, 11) is 2.00. The van der Waals surface area contributed by atoms with Crippen LogP contribution in [0, 0.1) is 6.07 Å². The van der Waals surface area contributed by atoms with Crippen LogP contribution in [0.25, 0.3) is 11.3 Å². The maximum Gasteiger partial charge on any atom is 0.0319 e. The molecule has 0 fully saturated rings. The number of aliphatic hydroxyl groups is 2. The monoisotopic (exact) mass is 507 g/mol. The fraction of sp³-hybridized carbons (Fsp3) is 0.450. The molecule has 2 N–H and O–H groups in total. The molecule has 0 unspecified atom stereocenters. The first-order valence-electron chi connectivity index (χ1n) is 7.78. The van der Waals surface area contributed by atoms with E-state index in [2.05, 4.69) is 50.9 Å². The van der Waals surface area contributed by atoms with Crippen molar-refractivity contribution in [3.05, 3.63) is 53.7 Å². The third-order valence-corrected chi connectivity index (χ3v) is 4.23. The minimum Gasteiger partial charge on any atom is -0.400 e. The maximum atomic E-state index is 7.00. The zero-order chi connectivity index (χ0) is 17.7. The summed E-state index contributed by atoms with van der Waals surface area (Å²) in [6.07, 6.45) is 3.03. The quantitative estimate of drug-likeness (QED) is 0.580. The molecule has 0 atom stereocenters. The second-order valence-corrected chi connectivity index (χ2v) is 6.83. The summed E-state index contributed by atoms with van der Waals surface area (Å²) < 4.78 is 0. The number of nitrogens with zero attached hydrogens (tertiary/aromatic N) is 1. The fourth-order valence-electron chi connectivity index (χ4n) is 3.58. The van der Waals surface area contributed by atoms with Crippen LogP contribution >= 0.6 is 0 Å². The van der Waals surface area contributed by atoms with E-state index in [1.807, 2.05) is 24.4 Å². The Balaban J connectivity index is 0.000000987. The SMILES string of the molecule is CC1(C)CC(C)(C)c2cc(-c3ccccn3)[c-]cc21.CO.CO.[Ir]. The van der Waals surface area contributed by atoms with Crippen molar-refractivity contribution in [2.45, 2.75) is 44.9 Å². The Hall–Kier alpha value is -1.06. The Morgan fingerprint density at radius 3 is 2.08 bits per heavy atom. The molecule has 1 aromatic heterocycles. The Morgan fingerprint density at radius 1 is 0.958 bits per heavy atom. The summed E-state index contributed by atoms with van der Waals surface area (Å²) in [6, 6.07) is 13.9. The van der Waals surface area contributed by atoms with E-state index in [0.29, 0.717) is 0 Å². The second-order valence-electron chi connectivity index (χ2n) is 6.83. The van der Waals surface area contributed by atoms with Gasteiger partial charge in [-0.25, -0.2) is 0 Å². The van der Waals surface area contributed by atoms with Gasteiger partial charge in [0.25, 0.3) is 0 Å². The van der Waals surface area contributed by atoms with E-state index >= 15 is 0 Å². The molecule has 1 aromatic carbocycles. The first-order chi connectivity index (χ1) is 10.9. The molecule has 0 spiro atoms. The summed E-state index contributed by atoms with van der Waals surface area (Å²) >= 11 is 0. The van der Waals surface area contributed by atoms with Crippen molar-refractivity contribution < 1.29 is 30.3 Å². The van der Waals surface area contributed by atoms with Gasteiger partial charge < -0.3 is 15.2 Å². The van der Waals surface area contributed by atoms with Crippen LogP contribution in [0.4, 0.5) is 0 Å². The number of hydrogen-bond acceptors (Lipinski definition) is 3. The number of benzene rings is 1. The molecule has 2 aromatic rings. The fourth-order valence-corrected chi connectivity index (χ4v) is 3.58. The van der Waals surface area contributed by atoms with Gasteiger partial charge in [0.05, 0.1) is 0 Å². The van der Waals surface area contributed by atoms with Gasteiger partial charge >= 0.3 is 0 Å². The van der Waals surface area contributed by atoms with Gasteiger partial charge in [-0.15, -0.1) is 34.9 Å². The molecule has 0 aliphatic heterocycles. The van der Waals surface area contributed by atoms with Crippen LogP contribution in [0.2, 0.25) is 0 Å². The van der Waals surface area contributed by atoms with Gasteiger partial charge in [-0.3, -0.25) is 0 Å². The molecule has 1 aliphatic rings. The van der Waals surface area contributed by atoms with Crippen LogP contribution < -0.4 is 0 Å². The van der Waals surface area contributed by atoms with E-state index < -0.39 is 0 Å². The topological polar surface area (TPSA) is 53.4 Å². The normalized spacial score (nSPS) is 15.7. The van der Waals surface area contributed by atoms with E-state index in [0.717, 1.165) is 25.5 Å². The summed E-state index contributed by atoms with van der Waals surface area (Å²) in [5.41, 5.74) is 5.49. The zero-order valence-electron chi connectivity index (χ0n) is 15.3. The third-order valence-electron chi connectivity index (χ3n) is 4.23. The molecular weight excluding hydrogens is 478 g/mol. The molecular formula is C20H28IrNO2-. The first-order valence-corrected chi connectivity index (χ1v) is 7.78. The van der Waals surface area contributed by atoms with Gasteiger partial charge in [0.2, 0.25) is 0 Å². The number of rotatable bonds is 1. The molecule has 24 heavy (non-hydrogen) atoms. The Bertz CT molecular complexity index is 625. The van der Waals surface area contributed by atoms with Crippen LogP contribution in [-0.2, 0) is 30.9 Å². The van der Waals surface area contributed by atoms with Crippen molar-refractivity contribution in [3.63, 3.8) is 0 Å². The summed E-state index contributed by atoms with van der Waals surface area (Å²) in [6.45, 7) is 9.33. The predicted molar refractivity (Wildman–Crippen MR) is 95.5 cm³/mol. The van der Waals surface area contributed by atoms with Crippen molar-refractivity contribution in [2.24, 2.45) is 0 Å². The van der Waals surface area contributed by atoms with Crippen molar-refractivity contribution in [3.8, 4) is 11.3 Å². The van der Waals surface area contributed by atoms with Gasteiger partial charge in [-0.05, 0) is 29.0 Å². The van der Waals surface area contributed by atoms with Gasteiger partial charge in [-0.1, -0.05) is 39.8 Å². The largest absolute Gasteiger partial charge is 0.400 e. The van der Waals surface area contributed by atoms with E-state index in [4.69, 9.17) is 10.2 Å². The standard InChI is InChI=1S/C18H20N.2CH4O.Ir/c1-17(2)12-18(3,4)15-11-13(8-9-14(15)17)16-7-5-6-10-19-16;2*1-2;/h5-7,9-11H,12H2,1-4H3;2*2H,1H3;/q-1;;;. The molecule has 1 radical (unpaired) electrons. The molecule has 0 bridgehead atoms. The van der Waals surface area contributed by atoms with Crippen molar-refractivity contribution >= 4 is 0 Å². The van der Waals surface area contributed by atoms with Crippen molar-refractivity contribution in [1.82, 2.24) is 4.98 Å². The predicted octanol–water partition coefficient (Wildman–Crippen LogP) is 3.72. The average Bonchev–Trinajstić information content (AvgIpc) is 2.76. The van der Waals surface area contributed by atoms with Crippen LogP contribution in [0.5, 0.6) is 0 Å². The van der Waals surface area contributed by atoms with Gasteiger partial charge in [0, 0.05) is 40.5 Å². The van der Waals surface area contributed by atoms with E-state index in [-0.39, 0.29) is 30.9 Å². The minimum atomic E-state index is 0. The van der Waals surface area contributed by atoms with Crippen molar-refractivity contribution in [2.75, 3.05) is 14.2 Å². The summed E-state index contributed by atoms with van der Waals surface area (Å²) in [5, 5.41) is 14.0. The van der Waals surface area contributed by atoms with E-state index in [1.54, 1.807) is 0 Å². The van der Waals surface area contributed by atoms with Gasteiger partial charge in [0.1, 0.15) is 0 Å². The summed E-state index contributed by atoms with van der Waals surface area (Å²) in [5.74, 6) is 0. The Kier molecular flexibility index (Phi) is 9.01. The van der Waals surface area contributed by atoms with Gasteiger partial charge in [-0.2, -0.15) is 0 Å². The van der Waals surface area contributed by atoms with Crippen molar-refractivity contribution in [1.29, 1.82) is 0 Å². The molecule has 0 saturated heterocycles. The average molecular weight is 507 g/mol. The molecule has 1 heterocycles. The second kappa shape index (κ2) is 9.43. The maximum absolute atomic E-state index is 7.00. The number of hydrogen-bond donors (Lipinski definition) is 2. The molecule has 0 saturated carbocycles. The van der Waals surface area contributed by atoms with E-state index in [1.165, 1.54) is 17.5 Å². The first kappa shape index (κ1) is 22.9. The molecule has 4 heteroatoms. The molecule has 1 aliphatic carbocycles. The zero-order valence-corrected chi connectivity index (χ0v) is 17.7. The van der Waals surface area contributed by atoms with E-state index in [9.17, 15) is 0 Å². The molecule has 135 valence electrons. The Labute approximate surface area is 159 Å². The number of pyridine rings is 1. The summed E-state index contributed by atoms with van der Waals surface area (Å²) in [4.78, 5) is 4.43. The Morgan fingerprint density at radius 2 is 1.54 bits per heavy atom. The molecule has 3 rings (SSSR count). The third kappa shape index (κ3) is 4.73. The smallest absolute Gasteiger partial charge is 0.0319 e. The van der Waals surface area contributed by atoms with Crippen LogP contribution in [0.15, 0.2) is 36.5 Å². The number of aliphatic hydroxyl groups excluding tert-OH is 2. The molecule has 0 amide bonds. The van der Waals surface area contributed by atoms with Crippen LogP contribution in [-0.4, -0.2) is 29.4 Å². The van der Waals surface area contributed by atoms with Crippen LogP contribution in [0.1, 0.15) is 45.2 Å². The number of fused-ring (bicyclic) bond motifs is 1. The van der Waals surface area contributed by atoms with Gasteiger partial charge in [0.15, 0.2) is 0 Å². The number of aromatic nitrogens is 1. The minimum absolute atomic E-state index is 0.